The molecule has 2 rings (SSSR count). The molecule has 1 N–H and O–H groups in total. The Balaban J connectivity index is 2.11. The first-order valence-electron chi connectivity index (χ1n) is 4.72. The number of rotatable bonds is 1. The minimum absolute atomic E-state index is 0.183. The zero-order chi connectivity index (χ0) is 10.1. The molecule has 2 aliphatic rings. The van der Waals surface area contributed by atoms with Crippen molar-refractivity contribution in [2.75, 3.05) is 26.2 Å². The van der Waals surface area contributed by atoms with Gasteiger partial charge < -0.3 is 5.32 Å². The summed E-state index contributed by atoms with van der Waals surface area (Å²) in [5.74, 6) is -0.397. The predicted octanol–water partition coefficient (Wildman–Crippen LogP) is -0.878. The number of hydrogen-bond acceptors (Lipinski definition) is 4. The molecule has 2 heterocycles. The SMILES string of the molecule is CC1=CC(=O)N(N2CCNCC2)C1=O. The van der Waals surface area contributed by atoms with Crippen molar-refractivity contribution in [1.82, 2.24) is 15.3 Å². The zero-order valence-corrected chi connectivity index (χ0v) is 8.12. The van der Waals surface area contributed by atoms with Crippen molar-refractivity contribution in [3.8, 4) is 0 Å². The maximum atomic E-state index is 11.6. The van der Waals surface area contributed by atoms with Crippen LogP contribution >= 0.6 is 0 Å². The average Bonchev–Trinajstić information content (AvgIpc) is 2.43. The minimum atomic E-state index is -0.214. The van der Waals surface area contributed by atoms with Crippen LogP contribution in [0.1, 0.15) is 6.92 Å². The first-order valence-corrected chi connectivity index (χ1v) is 4.72. The predicted molar refractivity (Wildman–Crippen MR) is 50.1 cm³/mol. The van der Waals surface area contributed by atoms with Gasteiger partial charge in [-0.2, -0.15) is 0 Å². The molecule has 2 amide bonds. The van der Waals surface area contributed by atoms with Gasteiger partial charge in [-0.3, -0.25) is 9.59 Å². The number of piperazine rings is 1. The molecule has 1 saturated heterocycles. The van der Waals surface area contributed by atoms with Crippen molar-refractivity contribution in [2.45, 2.75) is 6.92 Å². The van der Waals surface area contributed by atoms with Crippen LogP contribution in [0.5, 0.6) is 0 Å². The quantitative estimate of drug-likeness (QED) is 0.552. The average molecular weight is 195 g/mol. The number of amides is 2. The van der Waals surface area contributed by atoms with E-state index in [0.29, 0.717) is 18.7 Å². The number of carbonyl (C=O) groups is 2. The molecule has 0 aromatic carbocycles. The van der Waals surface area contributed by atoms with E-state index in [9.17, 15) is 9.59 Å². The molecule has 5 heteroatoms. The zero-order valence-electron chi connectivity index (χ0n) is 8.12. The van der Waals surface area contributed by atoms with E-state index in [1.807, 2.05) is 0 Å². The highest BCUT2D eigenvalue weighted by Crippen LogP contribution is 2.14. The fourth-order valence-electron chi connectivity index (χ4n) is 1.70. The Kier molecular flexibility index (Phi) is 2.35. The topological polar surface area (TPSA) is 52.7 Å². The summed E-state index contributed by atoms with van der Waals surface area (Å²) >= 11 is 0. The van der Waals surface area contributed by atoms with Crippen LogP contribution in [0, 0.1) is 0 Å². The molecular weight excluding hydrogens is 182 g/mol. The lowest BCUT2D eigenvalue weighted by Crippen LogP contribution is -2.54. The highest BCUT2D eigenvalue weighted by atomic mass is 16.2. The lowest BCUT2D eigenvalue weighted by molar-refractivity contribution is -0.156. The number of nitrogens with one attached hydrogen (secondary N) is 1. The van der Waals surface area contributed by atoms with Crippen LogP contribution in [0.4, 0.5) is 0 Å². The van der Waals surface area contributed by atoms with E-state index >= 15 is 0 Å². The van der Waals surface area contributed by atoms with Crippen molar-refractivity contribution < 1.29 is 9.59 Å². The molecule has 0 radical (unpaired) electrons. The summed E-state index contributed by atoms with van der Waals surface area (Å²) < 4.78 is 0. The van der Waals surface area contributed by atoms with Gasteiger partial charge >= 0.3 is 0 Å². The van der Waals surface area contributed by atoms with Gasteiger partial charge in [0.15, 0.2) is 0 Å². The Bertz CT molecular complexity index is 305. The largest absolute Gasteiger partial charge is 0.314 e. The van der Waals surface area contributed by atoms with Crippen molar-refractivity contribution in [3.05, 3.63) is 11.6 Å². The smallest absolute Gasteiger partial charge is 0.271 e. The summed E-state index contributed by atoms with van der Waals surface area (Å²) in [6, 6.07) is 0. The number of hydrogen-bond donors (Lipinski definition) is 1. The molecule has 0 aromatic rings. The standard InChI is InChI=1S/C9H13N3O2/c1-7-6-8(13)12(9(7)14)11-4-2-10-3-5-11/h6,10H,2-5H2,1H3. The van der Waals surface area contributed by atoms with Crippen LogP contribution in [-0.4, -0.2) is 48.0 Å². The van der Waals surface area contributed by atoms with Crippen LogP contribution < -0.4 is 5.32 Å². The van der Waals surface area contributed by atoms with Gasteiger partial charge in [-0.05, 0) is 6.92 Å². The van der Waals surface area contributed by atoms with Crippen LogP contribution in [0.15, 0.2) is 11.6 Å². The van der Waals surface area contributed by atoms with Gasteiger partial charge in [0.2, 0.25) is 0 Å². The van der Waals surface area contributed by atoms with E-state index in [-0.39, 0.29) is 11.8 Å². The van der Waals surface area contributed by atoms with Gasteiger partial charge in [0, 0.05) is 37.8 Å². The van der Waals surface area contributed by atoms with E-state index in [1.165, 1.54) is 11.1 Å². The summed E-state index contributed by atoms with van der Waals surface area (Å²) in [5, 5.41) is 6.22. The highest BCUT2D eigenvalue weighted by molar-refractivity contribution is 6.15. The van der Waals surface area contributed by atoms with Gasteiger partial charge in [0.05, 0.1) is 0 Å². The maximum absolute atomic E-state index is 11.6. The van der Waals surface area contributed by atoms with Gasteiger partial charge in [-0.15, -0.1) is 0 Å². The second-order valence-corrected chi connectivity index (χ2v) is 3.49. The Morgan fingerprint density at radius 3 is 2.43 bits per heavy atom. The Morgan fingerprint density at radius 2 is 1.93 bits per heavy atom. The van der Waals surface area contributed by atoms with Gasteiger partial charge in [-0.25, -0.2) is 10.0 Å². The first kappa shape index (κ1) is 9.36. The van der Waals surface area contributed by atoms with E-state index in [2.05, 4.69) is 5.32 Å². The van der Waals surface area contributed by atoms with Crippen LogP contribution in [0.25, 0.3) is 0 Å². The molecule has 0 spiro atoms. The normalized spacial score (nSPS) is 24.4. The molecule has 0 bridgehead atoms. The number of carbonyl (C=O) groups excluding carboxylic acids is 2. The molecule has 0 saturated carbocycles. The molecule has 2 aliphatic heterocycles. The van der Waals surface area contributed by atoms with E-state index in [0.717, 1.165) is 13.1 Å². The summed E-state index contributed by atoms with van der Waals surface area (Å²) in [6.45, 7) is 4.71. The van der Waals surface area contributed by atoms with Crippen molar-refractivity contribution in [2.24, 2.45) is 0 Å². The second-order valence-electron chi connectivity index (χ2n) is 3.49. The highest BCUT2D eigenvalue weighted by Gasteiger charge is 2.33. The second kappa shape index (κ2) is 3.51. The van der Waals surface area contributed by atoms with Gasteiger partial charge in [0.25, 0.3) is 11.8 Å². The first-order chi connectivity index (χ1) is 6.70. The van der Waals surface area contributed by atoms with Crippen molar-refractivity contribution in [3.63, 3.8) is 0 Å². The molecule has 0 unspecified atom stereocenters. The summed E-state index contributed by atoms with van der Waals surface area (Å²) in [7, 11) is 0. The third-order valence-electron chi connectivity index (χ3n) is 2.45. The molecule has 76 valence electrons. The lowest BCUT2D eigenvalue weighted by Gasteiger charge is -2.33. The van der Waals surface area contributed by atoms with Gasteiger partial charge in [-0.1, -0.05) is 0 Å². The number of hydrazine groups is 1. The Labute approximate surface area is 82.3 Å². The summed E-state index contributed by atoms with van der Waals surface area (Å²) in [6.07, 6.45) is 1.39. The molecule has 0 aliphatic carbocycles. The van der Waals surface area contributed by atoms with E-state index < -0.39 is 0 Å². The third-order valence-corrected chi connectivity index (χ3v) is 2.45. The van der Waals surface area contributed by atoms with E-state index in [4.69, 9.17) is 0 Å². The van der Waals surface area contributed by atoms with Crippen LogP contribution in [-0.2, 0) is 9.59 Å². The van der Waals surface area contributed by atoms with Crippen molar-refractivity contribution >= 4 is 11.8 Å². The molecule has 1 fully saturated rings. The lowest BCUT2D eigenvalue weighted by atomic mass is 10.3. The molecule has 0 aromatic heterocycles. The minimum Gasteiger partial charge on any atom is -0.314 e. The fraction of sp³-hybridized carbons (Fsp3) is 0.556. The molecule has 0 atom stereocenters. The number of nitrogens with zero attached hydrogens (tertiary/aromatic N) is 2. The fourth-order valence-corrected chi connectivity index (χ4v) is 1.70. The van der Waals surface area contributed by atoms with E-state index in [1.54, 1.807) is 11.9 Å². The summed E-state index contributed by atoms with van der Waals surface area (Å²) in [5.41, 5.74) is 0.522. The Hall–Kier alpha value is -1.20. The monoisotopic (exact) mass is 195 g/mol. The maximum Gasteiger partial charge on any atom is 0.271 e. The van der Waals surface area contributed by atoms with Crippen molar-refractivity contribution in [1.29, 1.82) is 0 Å². The van der Waals surface area contributed by atoms with Crippen LogP contribution in [0.2, 0.25) is 0 Å². The Morgan fingerprint density at radius 1 is 1.29 bits per heavy atom. The molecule has 5 nitrogen and oxygen atoms in total. The molecule has 14 heavy (non-hydrogen) atoms. The molecular formula is C9H13N3O2. The van der Waals surface area contributed by atoms with Gasteiger partial charge in [0.1, 0.15) is 0 Å². The third kappa shape index (κ3) is 1.44. The summed E-state index contributed by atoms with van der Waals surface area (Å²) in [4.78, 5) is 23.1. The number of imide groups is 1. The van der Waals surface area contributed by atoms with Crippen LogP contribution in [0.3, 0.4) is 0 Å².